The van der Waals surface area contributed by atoms with E-state index in [0.29, 0.717) is 12.8 Å². The molecule has 0 spiro atoms. The maximum Gasteiger partial charge on any atom is 0.338 e. The largest absolute Gasteiger partial charge is 0.456 e. The van der Waals surface area contributed by atoms with Gasteiger partial charge in [-0.15, -0.1) is 0 Å². The van der Waals surface area contributed by atoms with Crippen molar-refractivity contribution in [3.8, 4) is 0 Å². The molecule has 2 bridgehead atoms. The number of carbonyl (C=O) groups is 1. The first kappa shape index (κ1) is 27.5. The van der Waals surface area contributed by atoms with Crippen LogP contribution in [-0.2, 0) is 26.1 Å². The fourth-order valence-electron chi connectivity index (χ4n) is 4.19. The van der Waals surface area contributed by atoms with Crippen LogP contribution in [0.5, 0.6) is 0 Å². The molecule has 0 saturated heterocycles. The first-order valence-electron chi connectivity index (χ1n) is 11.7. The lowest BCUT2D eigenvalue weighted by atomic mass is 9.76. The van der Waals surface area contributed by atoms with E-state index in [4.69, 9.17) is 9.47 Å². The summed E-state index contributed by atoms with van der Waals surface area (Å²) >= 11 is 0. The van der Waals surface area contributed by atoms with Crippen molar-refractivity contribution < 1.29 is 34.7 Å². The van der Waals surface area contributed by atoms with Gasteiger partial charge in [-0.3, -0.25) is 0 Å². The summed E-state index contributed by atoms with van der Waals surface area (Å²) in [4.78, 5) is 12.7. The Labute approximate surface area is 197 Å². The molecule has 0 aromatic heterocycles. The highest BCUT2D eigenvalue weighted by Gasteiger charge is 2.35. The molecule has 1 aliphatic rings. The van der Waals surface area contributed by atoms with Crippen LogP contribution in [0.25, 0.3) is 0 Å². The highest BCUT2D eigenvalue weighted by atomic mass is 16.6. The number of aliphatic hydroxyl groups excluding tert-OH is 4. The van der Waals surface area contributed by atoms with Gasteiger partial charge < -0.3 is 29.9 Å². The number of ether oxygens (including phenoxy) is 2. The highest BCUT2D eigenvalue weighted by molar-refractivity contribution is 5.75. The van der Waals surface area contributed by atoms with Crippen LogP contribution in [0.2, 0.25) is 0 Å². The summed E-state index contributed by atoms with van der Waals surface area (Å²) in [6, 6.07) is 7.46. The fourth-order valence-corrected chi connectivity index (χ4v) is 4.19. The van der Waals surface area contributed by atoms with Gasteiger partial charge in [-0.25, -0.2) is 4.79 Å². The first-order chi connectivity index (χ1) is 15.5. The molecule has 1 aliphatic heterocycles. The van der Waals surface area contributed by atoms with E-state index in [-0.39, 0.29) is 25.4 Å². The zero-order valence-corrected chi connectivity index (χ0v) is 20.4. The van der Waals surface area contributed by atoms with Crippen LogP contribution >= 0.6 is 0 Å². The van der Waals surface area contributed by atoms with Gasteiger partial charge in [-0.05, 0) is 30.0 Å². The van der Waals surface area contributed by atoms with E-state index in [1.54, 1.807) is 14.0 Å². The monoisotopic (exact) mass is 464 g/mol. The molecule has 0 saturated carbocycles. The van der Waals surface area contributed by atoms with E-state index in [1.165, 1.54) is 0 Å². The van der Waals surface area contributed by atoms with Crippen molar-refractivity contribution >= 4 is 5.97 Å². The summed E-state index contributed by atoms with van der Waals surface area (Å²) in [5.74, 6) is -1.01. The number of rotatable bonds is 5. The van der Waals surface area contributed by atoms with Gasteiger partial charge in [0.05, 0.1) is 18.3 Å². The van der Waals surface area contributed by atoms with Crippen LogP contribution < -0.4 is 0 Å². The van der Waals surface area contributed by atoms with Gasteiger partial charge in [-0.2, -0.15) is 0 Å². The minimum atomic E-state index is -1.70. The summed E-state index contributed by atoms with van der Waals surface area (Å²) in [7, 11) is 1.55. The smallest absolute Gasteiger partial charge is 0.338 e. The quantitative estimate of drug-likeness (QED) is 0.390. The van der Waals surface area contributed by atoms with Crippen molar-refractivity contribution in [2.24, 2.45) is 5.92 Å². The van der Waals surface area contributed by atoms with Gasteiger partial charge in [0.25, 0.3) is 0 Å². The van der Waals surface area contributed by atoms with E-state index in [1.807, 2.05) is 51.1 Å². The van der Waals surface area contributed by atoms with Gasteiger partial charge in [0.15, 0.2) is 6.10 Å². The van der Waals surface area contributed by atoms with Crippen LogP contribution in [-0.4, -0.2) is 70.6 Å². The Kier molecular flexibility index (Phi) is 10.1. The summed E-state index contributed by atoms with van der Waals surface area (Å²) in [5, 5.41) is 41.7. The molecule has 7 heteroatoms. The molecule has 33 heavy (non-hydrogen) atoms. The highest BCUT2D eigenvalue weighted by Crippen LogP contribution is 2.32. The first-order valence-corrected chi connectivity index (χ1v) is 11.7. The lowest BCUT2D eigenvalue weighted by molar-refractivity contribution is -0.165. The number of carbonyl (C=O) groups excluding carboxylic acids is 1. The van der Waals surface area contributed by atoms with Gasteiger partial charge in [-0.1, -0.05) is 51.1 Å². The molecule has 7 nitrogen and oxygen atoms in total. The standard InChI is InChI=1S/C26H40O7/c1-6-17(15-27)10-16(2)22-13-20(32-5)14-23(29)26(3,4)19-9-7-8-18(11-19)12-21(28)24(30)25(31)33-22/h7-11,17,20-24,27-30H,6,12-15H2,1-5H3/b16-10-/t17-,20+,21-,22+,23+,24+/m1/s1. The Morgan fingerprint density at radius 2 is 1.97 bits per heavy atom. The second-order valence-corrected chi connectivity index (χ2v) is 9.67. The fraction of sp³-hybridized carbons (Fsp3) is 0.654. The number of benzene rings is 1. The normalized spacial score (nSPS) is 30.3. The van der Waals surface area contributed by atoms with Crippen molar-refractivity contribution in [2.75, 3.05) is 13.7 Å². The third-order valence-corrected chi connectivity index (χ3v) is 6.88. The lowest BCUT2D eigenvalue weighted by Crippen LogP contribution is -2.41. The van der Waals surface area contributed by atoms with E-state index in [9.17, 15) is 25.2 Å². The third-order valence-electron chi connectivity index (χ3n) is 6.88. The number of aliphatic hydroxyl groups is 4. The molecule has 0 fully saturated rings. The predicted octanol–water partition coefficient (Wildman–Crippen LogP) is 2.27. The van der Waals surface area contributed by atoms with Crippen LogP contribution in [0.3, 0.4) is 0 Å². The summed E-state index contributed by atoms with van der Waals surface area (Å²) in [6.45, 7) is 7.64. The molecular formula is C26H40O7. The Balaban J connectivity index is 2.46. The Morgan fingerprint density at radius 3 is 2.58 bits per heavy atom. The number of hydrogen-bond acceptors (Lipinski definition) is 7. The Morgan fingerprint density at radius 1 is 1.27 bits per heavy atom. The summed E-state index contributed by atoms with van der Waals surface area (Å²) < 4.78 is 11.3. The predicted molar refractivity (Wildman–Crippen MR) is 126 cm³/mol. The van der Waals surface area contributed by atoms with Crippen molar-refractivity contribution in [3.05, 3.63) is 47.0 Å². The summed E-state index contributed by atoms with van der Waals surface area (Å²) in [6.07, 6.45) is -1.71. The topological polar surface area (TPSA) is 116 Å². The molecule has 0 aliphatic carbocycles. The third kappa shape index (κ3) is 7.11. The Bertz CT molecular complexity index is 800. The molecule has 0 amide bonds. The van der Waals surface area contributed by atoms with Crippen molar-refractivity contribution in [1.29, 1.82) is 0 Å². The van der Waals surface area contributed by atoms with E-state index in [0.717, 1.165) is 16.7 Å². The average molecular weight is 465 g/mol. The number of cyclic esters (lactones) is 1. The zero-order chi connectivity index (χ0) is 24.8. The number of esters is 1. The molecule has 2 rings (SSSR count). The lowest BCUT2D eigenvalue weighted by Gasteiger charge is -2.35. The molecule has 1 aromatic carbocycles. The van der Waals surface area contributed by atoms with E-state index in [2.05, 4.69) is 0 Å². The van der Waals surface area contributed by atoms with Crippen LogP contribution in [0, 0.1) is 5.92 Å². The molecule has 6 atom stereocenters. The second kappa shape index (κ2) is 12.1. The van der Waals surface area contributed by atoms with Crippen LogP contribution in [0.4, 0.5) is 0 Å². The van der Waals surface area contributed by atoms with E-state index < -0.39 is 41.9 Å². The molecule has 1 aromatic rings. The van der Waals surface area contributed by atoms with Crippen LogP contribution in [0.1, 0.15) is 58.1 Å². The van der Waals surface area contributed by atoms with Gasteiger partial charge in [0.1, 0.15) is 6.10 Å². The molecular weight excluding hydrogens is 424 g/mol. The minimum Gasteiger partial charge on any atom is -0.456 e. The van der Waals surface area contributed by atoms with Gasteiger partial charge in [0, 0.05) is 44.3 Å². The Hall–Kier alpha value is -1.77. The second-order valence-electron chi connectivity index (χ2n) is 9.67. The van der Waals surface area contributed by atoms with Crippen LogP contribution in [0.15, 0.2) is 35.9 Å². The number of fused-ring (bicyclic) bond motifs is 2. The van der Waals surface area contributed by atoms with Gasteiger partial charge in [0.2, 0.25) is 0 Å². The summed E-state index contributed by atoms with van der Waals surface area (Å²) in [5.41, 5.74) is 1.76. The average Bonchev–Trinajstić information content (AvgIpc) is 2.79. The molecule has 4 N–H and O–H groups in total. The maximum absolute atomic E-state index is 12.7. The molecule has 0 radical (unpaired) electrons. The number of hydrogen-bond donors (Lipinski definition) is 4. The van der Waals surface area contributed by atoms with Crippen molar-refractivity contribution in [3.63, 3.8) is 0 Å². The minimum absolute atomic E-state index is 0.0335. The van der Waals surface area contributed by atoms with Gasteiger partial charge >= 0.3 is 5.97 Å². The maximum atomic E-state index is 12.7. The van der Waals surface area contributed by atoms with E-state index >= 15 is 0 Å². The van der Waals surface area contributed by atoms with Crippen molar-refractivity contribution in [2.45, 2.75) is 89.3 Å². The number of methoxy groups -OCH3 is 1. The molecule has 186 valence electrons. The molecule has 0 unspecified atom stereocenters. The SMILES string of the molecule is CC[C@H](/C=C(/C)[C@@H]1C[C@H](OC)C[C@H](O)C(C)(C)c2cccc(c2)C[C@@H](O)[C@H](O)C(=O)O1)CO. The molecule has 1 heterocycles. The van der Waals surface area contributed by atoms with Crippen molar-refractivity contribution in [1.82, 2.24) is 0 Å². The zero-order valence-electron chi connectivity index (χ0n) is 20.4.